The Bertz CT molecular complexity index is 560. The van der Waals surface area contributed by atoms with E-state index < -0.39 is 0 Å². The van der Waals surface area contributed by atoms with E-state index in [9.17, 15) is 0 Å². The van der Waals surface area contributed by atoms with Crippen LogP contribution in [0.15, 0.2) is 18.2 Å². The fraction of sp³-hybridized carbons (Fsp3) is 0.357. The minimum atomic E-state index is 0.929. The SMILES string of the molecule is COc1ccc2cc3c(nc2c1C)CCC3. The number of hydrogen-bond donors (Lipinski definition) is 0. The van der Waals surface area contributed by atoms with Crippen LogP contribution < -0.4 is 4.74 Å². The maximum absolute atomic E-state index is 5.33. The second kappa shape index (κ2) is 3.48. The first kappa shape index (κ1) is 9.64. The number of rotatable bonds is 1. The maximum Gasteiger partial charge on any atom is 0.123 e. The van der Waals surface area contributed by atoms with E-state index in [1.807, 2.05) is 6.07 Å². The summed E-state index contributed by atoms with van der Waals surface area (Å²) in [5.41, 5.74) is 4.95. The van der Waals surface area contributed by atoms with E-state index >= 15 is 0 Å². The van der Waals surface area contributed by atoms with Crippen molar-refractivity contribution < 1.29 is 4.74 Å². The van der Waals surface area contributed by atoms with Crippen LogP contribution in [0.2, 0.25) is 0 Å². The van der Waals surface area contributed by atoms with Crippen molar-refractivity contribution in [1.29, 1.82) is 0 Å². The van der Waals surface area contributed by atoms with Crippen molar-refractivity contribution in [2.45, 2.75) is 26.2 Å². The molecule has 1 aliphatic rings. The van der Waals surface area contributed by atoms with Gasteiger partial charge in [0.15, 0.2) is 0 Å². The lowest BCUT2D eigenvalue weighted by atomic mass is 10.1. The van der Waals surface area contributed by atoms with Crippen LogP contribution in [0.4, 0.5) is 0 Å². The Morgan fingerprint density at radius 3 is 2.94 bits per heavy atom. The fourth-order valence-corrected chi connectivity index (χ4v) is 2.55. The van der Waals surface area contributed by atoms with Crippen molar-refractivity contribution in [3.63, 3.8) is 0 Å². The number of pyridine rings is 1. The quantitative estimate of drug-likeness (QED) is 0.726. The third-order valence-corrected chi connectivity index (χ3v) is 3.44. The smallest absolute Gasteiger partial charge is 0.123 e. The van der Waals surface area contributed by atoms with Crippen LogP contribution in [0, 0.1) is 6.92 Å². The van der Waals surface area contributed by atoms with Gasteiger partial charge in [0.25, 0.3) is 0 Å². The van der Waals surface area contributed by atoms with Crippen LogP contribution in [-0.2, 0) is 12.8 Å². The summed E-state index contributed by atoms with van der Waals surface area (Å²) in [6, 6.07) is 6.42. The zero-order valence-electron chi connectivity index (χ0n) is 9.71. The summed E-state index contributed by atoms with van der Waals surface area (Å²) in [4.78, 5) is 4.78. The molecular formula is C14H15NO. The Hall–Kier alpha value is -1.57. The number of ether oxygens (including phenoxy) is 1. The molecule has 0 aliphatic heterocycles. The molecule has 1 aromatic carbocycles. The van der Waals surface area contributed by atoms with Crippen molar-refractivity contribution in [3.8, 4) is 5.75 Å². The van der Waals surface area contributed by atoms with Gasteiger partial charge in [-0.3, -0.25) is 4.98 Å². The van der Waals surface area contributed by atoms with Crippen LogP contribution in [0.3, 0.4) is 0 Å². The number of nitrogens with zero attached hydrogens (tertiary/aromatic N) is 1. The Labute approximate surface area is 95.3 Å². The van der Waals surface area contributed by atoms with Gasteiger partial charge in [-0.05, 0) is 49.9 Å². The summed E-state index contributed by atoms with van der Waals surface area (Å²) >= 11 is 0. The second-order valence-corrected chi connectivity index (χ2v) is 4.41. The Morgan fingerprint density at radius 1 is 1.25 bits per heavy atom. The molecule has 0 saturated carbocycles. The van der Waals surface area contributed by atoms with Crippen molar-refractivity contribution in [2.75, 3.05) is 7.11 Å². The van der Waals surface area contributed by atoms with E-state index in [2.05, 4.69) is 19.1 Å². The molecule has 0 bridgehead atoms. The van der Waals surface area contributed by atoms with Gasteiger partial charge in [-0.2, -0.15) is 0 Å². The standard InChI is InChI=1S/C14H15NO/c1-9-13(16-2)7-6-11-8-10-4-3-5-12(10)15-14(9)11/h6-8H,3-5H2,1-2H3. The summed E-state index contributed by atoms with van der Waals surface area (Å²) in [5.74, 6) is 0.929. The fourth-order valence-electron chi connectivity index (χ4n) is 2.55. The van der Waals surface area contributed by atoms with Crippen molar-refractivity contribution in [2.24, 2.45) is 0 Å². The van der Waals surface area contributed by atoms with Gasteiger partial charge >= 0.3 is 0 Å². The molecule has 0 unspecified atom stereocenters. The van der Waals surface area contributed by atoms with Crippen LogP contribution >= 0.6 is 0 Å². The Balaban J connectivity index is 2.32. The number of hydrogen-bond acceptors (Lipinski definition) is 2. The zero-order valence-corrected chi connectivity index (χ0v) is 9.71. The molecule has 2 nitrogen and oxygen atoms in total. The van der Waals surface area contributed by atoms with Gasteiger partial charge in [0.1, 0.15) is 5.75 Å². The number of aromatic nitrogens is 1. The van der Waals surface area contributed by atoms with Gasteiger partial charge < -0.3 is 4.74 Å². The molecule has 16 heavy (non-hydrogen) atoms. The molecule has 0 fully saturated rings. The van der Waals surface area contributed by atoms with E-state index in [0.29, 0.717) is 0 Å². The van der Waals surface area contributed by atoms with Gasteiger partial charge in [-0.25, -0.2) is 0 Å². The first-order valence-electron chi connectivity index (χ1n) is 5.75. The zero-order chi connectivity index (χ0) is 11.1. The molecule has 1 heterocycles. The maximum atomic E-state index is 5.33. The van der Waals surface area contributed by atoms with E-state index in [1.165, 1.54) is 29.5 Å². The molecule has 3 rings (SSSR count). The van der Waals surface area contributed by atoms with Gasteiger partial charge in [-0.1, -0.05) is 0 Å². The van der Waals surface area contributed by atoms with Gasteiger partial charge in [0, 0.05) is 16.6 Å². The predicted molar refractivity (Wildman–Crippen MR) is 65.1 cm³/mol. The minimum Gasteiger partial charge on any atom is -0.496 e. The molecule has 0 radical (unpaired) electrons. The Morgan fingerprint density at radius 2 is 2.12 bits per heavy atom. The van der Waals surface area contributed by atoms with Crippen molar-refractivity contribution in [1.82, 2.24) is 4.98 Å². The predicted octanol–water partition coefficient (Wildman–Crippen LogP) is 3.04. The first-order valence-corrected chi connectivity index (χ1v) is 5.75. The van der Waals surface area contributed by atoms with Crippen molar-refractivity contribution >= 4 is 10.9 Å². The highest BCUT2D eigenvalue weighted by Crippen LogP contribution is 2.30. The average molecular weight is 213 g/mol. The molecule has 1 aliphatic carbocycles. The molecule has 0 atom stereocenters. The monoisotopic (exact) mass is 213 g/mol. The molecule has 2 aromatic rings. The first-order chi connectivity index (χ1) is 7.79. The summed E-state index contributed by atoms with van der Waals surface area (Å²) in [7, 11) is 1.71. The average Bonchev–Trinajstić information content (AvgIpc) is 2.74. The number of aryl methyl sites for hydroxylation is 3. The van der Waals surface area contributed by atoms with Crippen LogP contribution in [0.25, 0.3) is 10.9 Å². The summed E-state index contributed by atoms with van der Waals surface area (Å²) in [6.45, 7) is 2.08. The lowest BCUT2D eigenvalue weighted by Crippen LogP contribution is -1.94. The van der Waals surface area contributed by atoms with Crippen LogP contribution in [0.1, 0.15) is 23.2 Å². The van der Waals surface area contributed by atoms with Gasteiger partial charge in [-0.15, -0.1) is 0 Å². The third-order valence-electron chi connectivity index (χ3n) is 3.44. The van der Waals surface area contributed by atoms with E-state index in [0.717, 1.165) is 23.3 Å². The highest BCUT2D eigenvalue weighted by molar-refractivity contribution is 5.84. The normalized spacial score (nSPS) is 14.1. The summed E-state index contributed by atoms with van der Waals surface area (Å²) in [5, 5.41) is 1.24. The van der Waals surface area contributed by atoms with Crippen LogP contribution in [0.5, 0.6) is 5.75 Å². The van der Waals surface area contributed by atoms with Gasteiger partial charge in [0.05, 0.1) is 12.6 Å². The second-order valence-electron chi connectivity index (χ2n) is 4.41. The summed E-state index contributed by atoms with van der Waals surface area (Å²) in [6.07, 6.45) is 3.56. The van der Waals surface area contributed by atoms with Gasteiger partial charge in [0.2, 0.25) is 0 Å². The largest absolute Gasteiger partial charge is 0.496 e. The molecule has 2 heteroatoms. The molecule has 0 spiro atoms. The number of methoxy groups -OCH3 is 1. The van der Waals surface area contributed by atoms with E-state index in [-0.39, 0.29) is 0 Å². The molecule has 82 valence electrons. The minimum absolute atomic E-state index is 0.929. The van der Waals surface area contributed by atoms with E-state index in [4.69, 9.17) is 9.72 Å². The Kier molecular flexibility index (Phi) is 2.10. The van der Waals surface area contributed by atoms with Crippen molar-refractivity contribution in [3.05, 3.63) is 35.0 Å². The number of fused-ring (bicyclic) bond motifs is 2. The molecule has 0 amide bonds. The topological polar surface area (TPSA) is 22.1 Å². The highest BCUT2D eigenvalue weighted by atomic mass is 16.5. The molecule has 0 N–H and O–H groups in total. The lowest BCUT2D eigenvalue weighted by Gasteiger charge is -2.09. The highest BCUT2D eigenvalue weighted by Gasteiger charge is 2.14. The third kappa shape index (κ3) is 1.29. The lowest BCUT2D eigenvalue weighted by molar-refractivity contribution is 0.412. The molecule has 0 saturated heterocycles. The molecular weight excluding hydrogens is 198 g/mol. The van der Waals surface area contributed by atoms with Crippen LogP contribution in [-0.4, -0.2) is 12.1 Å². The molecule has 1 aromatic heterocycles. The van der Waals surface area contributed by atoms with E-state index in [1.54, 1.807) is 7.11 Å². The number of benzene rings is 1. The summed E-state index contributed by atoms with van der Waals surface area (Å²) < 4.78 is 5.33.